The Balaban J connectivity index is 1.68. The largest absolute Gasteiger partial charge is 0.493 e. The number of anilines is 1. The van der Waals surface area contributed by atoms with E-state index < -0.39 is 11.9 Å². The first-order valence-electron chi connectivity index (χ1n) is 10.3. The summed E-state index contributed by atoms with van der Waals surface area (Å²) in [6.07, 6.45) is 0. The predicted molar refractivity (Wildman–Crippen MR) is 123 cm³/mol. The van der Waals surface area contributed by atoms with Crippen LogP contribution in [-0.2, 0) is 4.74 Å². The van der Waals surface area contributed by atoms with E-state index in [4.69, 9.17) is 13.9 Å². The van der Waals surface area contributed by atoms with E-state index in [1.807, 2.05) is 6.07 Å². The van der Waals surface area contributed by atoms with Gasteiger partial charge < -0.3 is 19.2 Å². The van der Waals surface area contributed by atoms with Crippen LogP contribution < -0.4 is 10.1 Å². The smallest absolute Gasteiger partial charge is 0.338 e. The van der Waals surface area contributed by atoms with Gasteiger partial charge in [-0.15, -0.1) is 0 Å². The lowest BCUT2D eigenvalue weighted by Crippen LogP contribution is -2.13. The standard InChI is InChI=1S/C26H21NO6/c1-3-32-26(30)17-10-7-11-18(14-17)27-25(29)19-12-13-21(31-2)24-20(19)15-22(33-24)23(28)16-8-5-4-6-9-16/h4-15H,3H2,1-2H3,(H,27,29). The molecule has 166 valence electrons. The van der Waals surface area contributed by atoms with E-state index in [-0.39, 0.29) is 18.2 Å². The summed E-state index contributed by atoms with van der Waals surface area (Å²) in [7, 11) is 1.48. The molecule has 33 heavy (non-hydrogen) atoms. The summed E-state index contributed by atoms with van der Waals surface area (Å²) in [5.74, 6) is -0.707. The van der Waals surface area contributed by atoms with Crippen molar-refractivity contribution in [3.05, 3.63) is 95.2 Å². The van der Waals surface area contributed by atoms with E-state index in [0.29, 0.717) is 39.1 Å². The van der Waals surface area contributed by atoms with Gasteiger partial charge in [-0.25, -0.2) is 4.79 Å². The Labute approximate surface area is 189 Å². The zero-order valence-electron chi connectivity index (χ0n) is 18.1. The lowest BCUT2D eigenvalue weighted by atomic mass is 10.1. The van der Waals surface area contributed by atoms with E-state index in [0.717, 1.165) is 0 Å². The molecular weight excluding hydrogens is 422 g/mol. The van der Waals surface area contributed by atoms with Gasteiger partial charge in [0.1, 0.15) is 0 Å². The van der Waals surface area contributed by atoms with Crippen LogP contribution in [0.2, 0.25) is 0 Å². The van der Waals surface area contributed by atoms with Crippen molar-refractivity contribution in [1.82, 2.24) is 0 Å². The molecule has 7 nitrogen and oxygen atoms in total. The fourth-order valence-corrected chi connectivity index (χ4v) is 3.44. The van der Waals surface area contributed by atoms with Crippen LogP contribution in [0.4, 0.5) is 5.69 Å². The Bertz CT molecular complexity index is 1340. The summed E-state index contributed by atoms with van der Waals surface area (Å²) < 4.78 is 16.2. The van der Waals surface area contributed by atoms with Gasteiger partial charge in [-0.2, -0.15) is 0 Å². The van der Waals surface area contributed by atoms with Crippen molar-refractivity contribution in [3.8, 4) is 5.75 Å². The molecular formula is C26H21NO6. The highest BCUT2D eigenvalue weighted by Crippen LogP contribution is 2.33. The van der Waals surface area contributed by atoms with Gasteiger partial charge in [0, 0.05) is 16.6 Å². The average Bonchev–Trinajstić information content (AvgIpc) is 3.29. The zero-order chi connectivity index (χ0) is 23.4. The number of hydrogen-bond donors (Lipinski definition) is 1. The maximum absolute atomic E-state index is 13.1. The number of ketones is 1. The SMILES string of the molecule is CCOC(=O)c1cccc(NC(=O)c2ccc(OC)c3oc(C(=O)c4ccccc4)cc23)c1. The maximum Gasteiger partial charge on any atom is 0.338 e. The minimum atomic E-state index is -0.473. The van der Waals surface area contributed by atoms with Crippen LogP contribution in [0.15, 0.2) is 77.2 Å². The summed E-state index contributed by atoms with van der Waals surface area (Å²) >= 11 is 0. The topological polar surface area (TPSA) is 94.8 Å². The normalized spacial score (nSPS) is 10.6. The minimum Gasteiger partial charge on any atom is -0.493 e. The molecule has 4 rings (SSSR count). The van der Waals surface area contributed by atoms with Crippen LogP contribution in [0, 0.1) is 0 Å². The summed E-state index contributed by atoms with van der Waals surface area (Å²) in [5.41, 5.74) is 1.82. The Kier molecular flexibility index (Phi) is 6.22. The van der Waals surface area contributed by atoms with Crippen molar-refractivity contribution >= 4 is 34.3 Å². The first-order chi connectivity index (χ1) is 16.0. The lowest BCUT2D eigenvalue weighted by Gasteiger charge is -2.09. The van der Waals surface area contributed by atoms with E-state index in [1.54, 1.807) is 61.5 Å². The van der Waals surface area contributed by atoms with Crippen LogP contribution in [0.1, 0.15) is 43.8 Å². The third kappa shape index (κ3) is 4.48. The molecule has 0 bridgehead atoms. The van der Waals surface area contributed by atoms with Crippen molar-refractivity contribution in [2.75, 3.05) is 19.0 Å². The van der Waals surface area contributed by atoms with Crippen LogP contribution >= 0.6 is 0 Å². The number of esters is 1. The van der Waals surface area contributed by atoms with Gasteiger partial charge in [0.25, 0.3) is 5.91 Å². The Hall–Kier alpha value is -4.39. The number of rotatable bonds is 7. The van der Waals surface area contributed by atoms with E-state index in [9.17, 15) is 14.4 Å². The average molecular weight is 443 g/mol. The number of ether oxygens (including phenoxy) is 2. The Morgan fingerprint density at radius 3 is 2.39 bits per heavy atom. The molecule has 1 aromatic heterocycles. The van der Waals surface area contributed by atoms with Crippen molar-refractivity contribution in [1.29, 1.82) is 0 Å². The third-order valence-corrected chi connectivity index (χ3v) is 5.00. The van der Waals surface area contributed by atoms with Crippen LogP contribution in [0.25, 0.3) is 11.0 Å². The fourth-order valence-electron chi connectivity index (χ4n) is 3.44. The zero-order valence-corrected chi connectivity index (χ0v) is 18.1. The molecule has 0 atom stereocenters. The minimum absolute atomic E-state index is 0.0964. The molecule has 4 aromatic rings. The highest BCUT2D eigenvalue weighted by molar-refractivity contribution is 6.16. The lowest BCUT2D eigenvalue weighted by molar-refractivity contribution is 0.0526. The second kappa shape index (κ2) is 9.40. The van der Waals surface area contributed by atoms with Crippen molar-refractivity contribution in [3.63, 3.8) is 0 Å². The highest BCUT2D eigenvalue weighted by Gasteiger charge is 2.21. The van der Waals surface area contributed by atoms with Gasteiger partial charge in [-0.3, -0.25) is 9.59 Å². The number of carbonyl (C=O) groups is 3. The molecule has 1 N–H and O–H groups in total. The second-order valence-corrected chi connectivity index (χ2v) is 7.12. The first kappa shape index (κ1) is 21.8. The first-order valence-corrected chi connectivity index (χ1v) is 10.3. The predicted octanol–water partition coefficient (Wildman–Crippen LogP) is 5.10. The number of nitrogens with one attached hydrogen (secondary N) is 1. The van der Waals surface area contributed by atoms with Crippen molar-refractivity contribution in [2.24, 2.45) is 0 Å². The number of benzene rings is 3. The highest BCUT2D eigenvalue weighted by atomic mass is 16.5. The molecule has 1 heterocycles. The summed E-state index contributed by atoms with van der Waals surface area (Å²) in [5, 5.41) is 3.22. The van der Waals surface area contributed by atoms with Gasteiger partial charge in [-0.05, 0) is 43.3 Å². The number of hydrogen-bond acceptors (Lipinski definition) is 6. The molecule has 0 unspecified atom stereocenters. The Morgan fingerprint density at radius 1 is 0.909 bits per heavy atom. The second-order valence-electron chi connectivity index (χ2n) is 7.12. The summed E-state index contributed by atoms with van der Waals surface area (Å²) in [6.45, 7) is 1.98. The molecule has 0 saturated heterocycles. The molecule has 0 aliphatic rings. The number of fused-ring (bicyclic) bond motifs is 1. The van der Waals surface area contributed by atoms with E-state index in [1.165, 1.54) is 19.2 Å². The third-order valence-electron chi connectivity index (χ3n) is 5.00. The number of methoxy groups -OCH3 is 1. The number of carbonyl (C=O) groups excluding carboxylic acids is 3. The maximum atomic E-state index is 13.1. The van der Waals surface area contributed by atoms with Crippen LogP contribution in [0.5, 0.6) is 5.75 Å². The van der Waals surface area contributed by atoms with Gasteiger partial charge in [0.2, 0.25) is 5.78 Å². The molecule has 0 aliphatic heterocycles. The fraction of sp³-hybridized carbons (Fsp3) is 0.115. The van der Waals surface area contributed by atoms with Crippen LogP contribution in [0.3, 0.4) is 0 Å². The number of amides is 1. The summed E-state index contributed by atoms with van der Waals surface area (Å²) in [4.78, 5) is 37.9. The molecule has 3 aromatic carbocycles. The molecule has 0 spiro atoms. The summed E-state index contributed by atoms with van der Waals surface area (Å²) in [6, 6.07) is 19.9. The molecule has 7 heteroatoms. The van der Waals surface area contributed by atoms with Gasteiger partial charge in [0.05, 0.1) is 24.8 Å². The van der Waals surface area contributed by atoms with Gasteiger partial charge >= 0.3 is 5.97 Å². The van der Waals surface area contributed by atoms with Gasteiger partial charge in [-0.1, -0.05) is 36.4 Å². The van der Waals surface area contributed by atoms with E-state index >= 15 is 0 Å². The quantitative estimate of drug-likeness (QED) is 0.315. The van der Waals surface area contributed by atoms with Crippen molar-refractivity contribution in [2.45, 2.75) is 6.92 Å². The molecule has 0 fully saturated rings. The molecule has 0 saturated carbocycles. The van der Waals surface area contributed by atoms with Crippen molar-refractivity contribution < 1.29 is 28.3 Å². The van der Waals surface area contributed by atoms with Crippen LogP contribution in [-0.4, -0.2) is 31.4 Å². The molecule has 0 aliphatic carbocycles. The Morgan fingerprint density at radius 2 is 1.67 bits per heavy atom. The monoisotopic (exact) mass is 443 g/mol. The molecule has 0 radical (unpaired) electrons. The van der Waals surface area contributed by atoms with Gasteiger partial charge in [0.15, 0.2) is 17.1 Å². The number of furan rings is 1. The van der Waals surface area contributed by atoms with E-state index in [2.05, 4.69) is 5.32 Å². The molecule has 1 amide bonds.